The molecule has 2 aromatic rings. The molecule has 0 saturated heterocycles. The second-order valence-corrected chi connectivity index (χ2v) is 4.86. The Morgan fingerprint density at radius 3 is 2.65 bits per heavy atom. The Balaban J connectivity index is 2.10. The molecule has 0 aliphatic rings. The fraction of sp³-hybridized carbons (Fsp3) is 0.0769. The first-order valence-corrected chi connectivity index (χ1v) is 6.26. The molecule has 4 heteroatoms. The topological polar surface area (TPSA) is 12.0 Å². The van der Waals surface area contributed by atoms with Crippen LogP contribution in [0.3, 0.4) is 0 Å². The van der Waals surface area contributed by atoms with Crippen molar-refractivity contribution in [1.29, 1.82) is 0 Å². The summed E-state index contributed by atoms with van der Waals surface area (Å²) in [7, 11) is 0. The molecule has 2 aromatic carbocycles. The van der Waals surface area contributed by atoms with Crippen LogP contribution in [-0.4, -0.2) is 0 Å². The zero-order valence-corrected chi connectivity index (χ0v) is 11.2. The molecular weight excluding hydrogens is 305 g/mol. The predicted molar refractivity (Wildman–Crippen MR) is 72.9 cm³/mol. The van der Waals surface area contributed by atoms with E-state index in [-0.39, 0.29) is 5.82 Å². The molecule has 17 heavy (non-hydrogen) atoms. The van der Waals surface area contributed by atoms with Crippen LogP contribution in [0.5, 0.6) is 0 Å². The Bertz CT molecular complexity index is 531. The van der Waals surface area contributed by atoms with E-state index >= 15 is 0 Å². The Labute approximate surface area is 113 Å². The number of hydrogen-bond acceptors (Lipinski definition) is 1. The van der Waals surface area contributed by atoms with Crippen LogP contribution in [0.15, 0.2) is 46.9 Å². The highest BCUT2D eigenvalue weighted by atomic mass is 79.9. The minimum atomic E-state index is -0.204. The zero-order valence-electron chi connectivity index (χ0n) is 8.88. The average Bonchev–Trinajstić information content (AvgIpc) is 2.30. The van der Waals surface area contributed by atoms with E-state index in [4.69, 9.17) is 11.6 Å². The summed E-state index contributed by atoms with van der Waals surface area (Å²) in [5, 5.41) is 3.81. The third-order valence-electron chi connectivity index (χ3n) is 2.36. The molecule has 0 fully saturated rings. The fourth-order valence-electron chi connectivity index (χ4n) is 1.47. The van der Waals surface area contributed by atoms with Gasteiger partial charge in [-0.3, -0.25) is 0 Å². The standard InChI is InChI=1S/C13H10BrClFN/c14-11-7-10(15)5-6-13(11)17-8-9-3-1-2-4-12(9)16/h1-7,17H,8H2. The van der Waals surface area contributed by atoms with E-state index in [0.29, 0.717) is 17.1 Å². The molecule has 0 heterocycles. The Kier molecular flexibility index (Phi) is 4.02. The second kappa shape index (κ2) is 5.52. The molecular formula is C13H10BrClFN. The van der Waals surface area contributed by atoms with Crippen molar-refractivity contribution in [2.75, 3.05) is 5.32 Å². The van der Waals surface area contributed by atoms with Crippen molar-refractivity contribution in [2.45, 2.75) is 6.54 Å². The van der Waals surface area contributed by atoms with E-state index in [9.17, 15) is 4.39 Å². The summed E-state index contributed by atoms with van der Waals surface area (Å²) in [5.74, 6) is -0.204. The maximum Gasteiger partial charge on any atom is 0.128 e. The second-order valence-electron chi connectivity index (χ2n) is 3.57. The van der Waals surface area contributed by atoms with Gasteiger partial charge in [-0.05, 0) is 40.2 Å². The summed E-state index contributed by atoms with van der Waals surface area (Å²) in [6.45, 7) is 0.437. The number of nitrogens with one attached hydrogen (secondary N) is 1. The minimum Gasteiger partial charge on any atom is -0.380 e. The highest BCUT2D eigenvalue weighted by molar-refractivity contribution is 9.10. The van der Waals surface area contributed by atoms with Crippen molar-refractivity contribution in [3.8, 4) is 0 Å². The van der Waals surface area contributed by atoms with Crippen LogP contribution in [0, 0.1) is 5.82 Å². The molecule has 0 saturated carbocycles. The van der Waals surface area contributed by atoms with Crippen LogP contribution < -0.4 is 5.32 Å². The molecule has 0 spiro atoms. The molecule has 0 aromatic heterocycles. The van der Waals surface area contributed by atoms with E-state index < -0.39 is 0 Å². The number of halogens is 3. The van der Waals surface area contributed by atoms with Gasteiger partial charge in [0, 0.05) is 27.3 Å². The molecule has 88 valence electrons. The van der Waals surface area contributed by atoms with Gasteiger partial charge in [-0.15, -0.1) is 0 Å². The normalized spacial score (nSPS) is 10.3. The Morgan fingerprint density at radius 1 is 1.18 bits per heavy atom. The number of rotatable bonds is 3. The van der Waals surface area contributed by atoms with Crippen molar-refractivity contribution in [1.82, 2.24) is 0 Å². The van der Waals surface area contributed by atoms with Crippen molar-refractivity contribution < 1.29 is 4.39 Å². The zero-order chi connectivity index (χ0) is 12.3. The van der Waals surface area contributed by atoms with Gasteiger partial charge in [0.15, 0.2) is 0 Å². The quantitative estimate of drug-likeness (QED) is 0.853. The SMILES string of the molecule is Fc1ccccc1CNc1ccc(Cl)cc1Br. The van der Waals surface area contributed by atoms with Crippen LogP contribution >= 0.6 is 27.5 Å². The van der Waals surface area contributed by atoms with Crippen LogP contribution in [0.1, 0.15) is 5.56 Å². The molecule has 0 bridgehead atoms. The summed E-state index contributed by atoms with van der Waals surface area (Å²) >= 11 is 9.24. The molecule has 0 atom stereocenters. The molecule has 1 N–H and O–H groups in total. The summed E-state index contributed by atoms with van der Waals surface area (Å²) < 4.78 is 14.2. The van der Waals surface area contributed by atoms with Crippen molar-refractivity contribution >= 4 is 33.2 Å². The third kappa shape index (κ3) is 3.20. The van der Waals surface area contributed by atoms with E-state index in [1.54, 1.807) is 24.3 Å². The van der Waals surface area contributed by atoms with Gasteiger partial charge in [-0.25, -0.2) is 4.39 Å². The van der Waals surface area contributed by atoms with Crippen molar-refractivity contribution in [2.24, 2.45) is 0 Å². The molecule has 0 aliphatic heterocycles. The lowest BCUT2D eigenvalue weighted by Crippen LogP contribution is -2.02. The fourth-order valence-corrected chi connectivity index (χ4v) is 2.29. The summed E-state index contributed by atoms with van der Waals surface area (Å²) in [6, 6.07) is 12.1. The smallest absolute Gasteiger partial charge is 0.128 e. The van der Waals surface area contributed by atoms with Gasteiger partial charge in [0.1, 0.15) is 5.82 Å². The molecule has 2 rings (SSSR count). The largest absolute Gasteiger partial charge is 0.380 e. The van der Waals surface area contributed by atoms with Crippen LogP contribution in [-0.2, 0) is 6.54 Å². The van der Waals surface area contributed by atoms with Crippen LogP contribution in [0.2, 0.25) is 5.02 Å². The first kappa shape index (κ1) is 12.4. The molecule has 0 aliphatic carbocycles. The van der Waals surface area contributed by atoms with E-state index in [2.05, 4.69) is 21.2 Å². The van der Waals surface area contributed by atoms with E-state index in [1.807, 2.05) is 12.1 Å². The minimum absolute atomic E-state index is 0.204. The average molecular weight is 315 g/mol. The Morgan fingerprint density at radius 2 is 1.94 bits per heavy atom. The maximum absolute atomic E-state index is 13.4. The van der Waals surface area contributed by atoms with Gasteiger partial charge in [-0.1, -0.05) is 29.8 Å². The third-order valence-corrected chi connectivity index (χ3v) is 3.25. The lowest BCUT2D eigenvalue weighted by Gasteiger charge is -2.09. The summed E-state index contributed by atoms with van der Waals surface area (Å²) in [5.41, 5.74) is 1.52. The molecule has 0 amide bonds. The number of benzene rings is 2. The van der Waals surface area contributed by atoms with E-state index in [0.717, 1.165) is 10.2 Å². The van der Waals surface area contributed by atoms with Gasteiger partial charge in [0.25, 0.3) is 0 Å². The lowest BCUT2D eigenvalue weighted by atomic mass is 10.2. The highest BCUT2D eigenvalue weighted by Crippen LogP contribution is 2.26. The number of anilines is 1. The molecule has 0 radical (unpaired) electrons. The predicted octanol–water partition coefficient (Wildman–Crippen LogP) is 4.85. The van der Waals surface area contributed by atoms with Crippen LogP contribution in [0.25, 0.3) is 0 Å². The summed E-state index contributed by atoms with van der Waals surface area (Å²) in [6.07, 6.45) is 0. The van der Waals surface area contributed by atoms with Gasteiger partial charge in [-0.2, -0.15) is 0 Å². The van der Waals surface area contributed by atoms with E-state index in [1.165, 1.54) is 6.07 Å². The molecule has 1 nitrogen and oxygen atoms in total. The van der Waals surface area contributed by atoms with Gasteiger partial charge < -0.3 is 5.32 Å². The number of hydrogen-bond donors (Lipinski definition) is 1. The van der Waals surface area contributed by atoms with Crippen molar-refractivity contribution in [3.63, 3.8) is 0 Å². The van der Waals surface area contributed by atoms with Crippen LogP contribution in [0.4, 0.5) is 10.1 Å². The first-order chi connectivity index (χ1) is 8.16. The monoisotopic (exact) mass is 313 g/mol. The van der Waals surface area contributed by atoms with Gasteiger partial charge >= 0.3 is 0 Å². The summed E-state index contributed by atoms with van der Waals surface area (Å²) in [4.78, 5) is 0. The van der Waals surface area contributed by atoms with Gasteiger partial charge in [0.2, 0.25) is 0 Å². The van der Waals surface area contributed by atoms with Gasteiger partial charge in [0.05, 0.1) is 0 Å². The Hall–Kier alpha value is -1.06. The first-order valence-electron chi connectivity index (χ1n) is 5.09. The highest BCUT2D eigenvalue weighted by Gasteiger charge is 2.03. The maximum atomic E-state index is 13.4. The van der Waals surface area contributed by atoms with Crippen molar-refractivity contribution in [3.05, 3.63) is 63.3 Å². The molecule has 0 unspecified atom stereocenters. The lowest BCUT2D eigenvalue weighted by molar-refractivity contribution is 0.613.